The number of ether oxygens (including phenoxy) is 2. The molecule has 1 saturated heterocycles. The SMILES string of the molecule is CCNC(CC)(CCCOCC1CCCCO1)C(=O)O. The smallest absolute Gasteiger partial charge is 0.323 e. The first-order valence-electron chi connectivity index (χ1n) is 7.82. The van der Waals surface area contributed by atoms with Gasteiger partial charge in [-0.1, -0.05) is 13.8 Å². The molecule has 118 valence electrons. The first-order chi connectivity index (χ1) is 9.64. The maximum atomic E-state index is 11.4. The van der Waals surface area contributed by atoms with Crippen LogP contribution in [0.3, 0.4) is 0 Å². The fourth-order valence-electron chi connectivity index (χ4n) is 2.69. The zero-order chi connectivity index (χ0) is 14.8. The number of nitrogens with one attached hydrogen (secondary N) is 1. The van der Waals surface area contributed by atoms with Crippen LogP contribution >= 0.6 is 0 Å². The van der Waals surface area contributed by atoms with E-state index in [9.17, 15) is 9.90 Å². The molecule has 0 amide bonds. The van der Waals surface area contributed by atoms with Crippen LogP contribution in [0.2, 0.25) is 0 Å². The Kier molecular flexibility index (Phi) is 8.11. The summed E-state index contributed by atoms with van der Waals surface area (Å²) in [7, 11) is 0. The average molecular weight is 287 g/mol. The number of carboxylic acid groups (broad SMARTS) is 1. The van der Waals surface area contributed by atoms with Gasteiger partial charge in [-0.3, -0.25) is 4.79 Å². The summed E-state index contributed by atoms with van der Waals surface area (Å²) in [4.78, 5) is 11.4. The van der Waals surface area contributed by atoms with Crippen molar-refractivity contribution >= 4 is 5.97 Å². The Morgan fingerprint density at radius 2 is 2.25 bits per heavy atom. The van der Waals surface area contributed by atoms with Gasteiger partial charge in [-0.2, -0.15) is 0 Å². The van der Waals surface area contributed by atoms with E-state index in [1.807, 2.05) is 13.8 Å². The molecule has 2 atom stereocenters. The van der Waals surface area contributed by atoms with Gasteiger partial charge >= 0.3 is 5.97 Å². The molecule has 0 saturated carbocycles. The molecule has 0 aromatic heterocycles. The average Bonchev–Trinajstić information content (AvgIpc) is 2.46. The third-order valence-electron chi connectivity index (χ3n) is 4.00. The van der Waals surface area contributed by atoms with Crippen LogP contribution in [-0.4, -0.2) is 49.1 Å². The highest BCUT2D eigenvalue weighted by molar-refractivity contribution is 5.78. The zero-order valence-electron chi connectivity index (χ0n) is 12.8. The summed E-state index contributed by atoms with van der Waals surface area (Å²) in [5, 5.41) is 12.5. The molecule has 2 unspecified atom stereocenters. The lowest BCUT2D eigenvalue weighted by molar-refractivity contribution is -0.145. The minimum absolute atomic E-state index is 0.230. The molecule has 0 spiro atoms. The van der Waals surface area contributed by atoms with Gasteiger partial charge in [0.1, 0.15) is 5.54 Å². The van der Waals surface area contributed by atoms with Gasteiger partial charge in [0, 0.05) is 13.2 Å². The molecule has 5 heteroatoms. The summed E-state index contributed by atoms with van der Waals surface area (Å²) < 4.78 is 11.2. The Hall–Kier alpha value is -0.650. The van der Waals surface area contributed by atoms with Crippen molar-refractivity contribution in [2.24, 2.45) is 0 Å². The maximum Gasteiger partial charge on any atom is 0.323 e. The Balaban J connectivity index is 2.21. The molecular weight excluding hydrogens is 258 g/mol. The summed E-state index contributed by atoms with van der Waals surface area (Å²) in [5.74, 6) is -0.766. The first-order valence-corrected chi connectivity index (χ1v) is 7.82. The van der Waals surface area contributed by atoms with Gasteiger partial charge in [-0.15, -0.1) is 0 Å². The number of rotatable bonds is 10. The fourth-order valence-corrected chi connectivity index (χ4v) is 2.69. The molecule has 0 bridgehead atoms. The Morgan fingerprint density at radius 1 is 1.45 bits per heavy atom. The van der Waals surface area contributed by atoms with E-state index in [-0.39, 0.29) is 6.10 Å². The van der Waals surface area contributed by atoms with Crippen LogP contribution in [0.5, 0.6) is 0 Å². The van der Waals surface area contributed by atoms with Gasteiger partial charge in [0.15, 0.2) is 0 Å². The zero-order valence-corrected chi connectivity index (χ0v) is 12.8. The van der Waals surface area contributed by atoms with E-state index < -0.39 is 11.5 Å². The van der Waals surface area contributed by atoms with Gasteiger partial charge in [-0.25, -0.2) is 0 Å². The standard InChI is InChI=1S/C15H29NO4/c1-3-15(14(17)18,16-4-2)9-7-10-19-12-13-8-5-6-11-20-13/h13,16H,3-12H2,1-2H3,(H,17,18). The molecule has 1 fully saturated rings. The number of aliphatic carboxylic acids is 1. The minimum Gasteiger partial charge on any atom is -0.480 e. The lowest BCUT2D eigenvalue weighted by Gasteiger charge is -2.29. The number of carboxylic acids is 1. The molecule has 1 aliphatic rings. The largest absolute Gasteiger partial charge is 0.480 e. The molecule has 0 aromatic rings. The molecule has 0 aliphatic carbocycles. The quantitative estimate of drug-likeness (QED) is 0.603. The van der Waals surface area contributed by atoms with E-state index in [2.05, 4.69) is 5.32 Å². The third-order valence-corrected chi connectivity index (χ3v) is 4.00. The van der Waals surface area contributed by atoms with Crippen molar-refractivity contribution in [3.8, 4) is 0 Å². The van der Waals surface area contributed by atoms with Crippen LogP contribution in [-0.2, 0) is 14.3 Å². The molecular formula is C15H29NO4. The molecule has 1 rings (SSSR count). The number of hydrogen-bond donors (Lipinski definition) is 2. The minimum atomic E-state index is -0.806. The molecule has 0 aromatic carbocycles. The molecule has 2 N–H and O–H groups in total. The summed E-state index contributed by atoms with van der Waals surface area (Å²) >= 11 is 0. The van der Waals surface area contributed by atoms with Gasteiger partial charge in [0.2, 0.25) is 0 Å². The Bertz CT molecular complexity index is 279. The lowest BCUT2D eigenvalue weighted by atomic mass is 9.90. The van der Waals surface area contributed by atoms with Gasteiger partial charge in [-0.05, 0) is 45.1 Å². The fraction of sp³-hybridized carbons (Fsp3) is 0.933. The number of likely N-dealkylation sites (N-methyl/N-ethyl adjacent to an activating group) is 1. The van der Waals surface area contributed by atoms with Crippen molar-refractivity contribution in [2.45, 2.75) is 64.0 Å². The highest BCUT2D eigenvalue weighted by atomic mass is 16.5. The Labute approximate surface area is 122 Å². The van der Waals surface area contributed by atoms with Gasteiger partial charge in [0.25, 0.3) is 0 Å². The van der Waals surface area contributed by atoms with E-state index in [4.69, 9.17) is 9.47 Å². The van der Waals surface area contributed by atoms with Crippen molar-refractivity contribution < 1.29 is 19.4 Å². The van der Waals surface area contributed by atoms with Crippen molar-refractivity contribution in [2.75, 3.05) is 26.4 Å². The second-order valence-electron chi connectivity index (χ2n) is 5.44. The normalized spacial score (nSPS) is 22.4. The maximum absolute atomic E-state index is 11.4. The van der Waals surface area contributed by atoms with Gasteiger partial charge < -0.3 is 19.9 Å². The third kappa shape index (κ3) is 5.38. The van der Waals surface area contributed by atoms with Crippen LogP contribution in [0.1, 0.15) is 52.4 Å². The first kappa shape index (κ1) is 17.4. The van der Waals surface area contributed by atoms with Crippen molar-refractivity contribution in [1.29, 1.82) is 0 Å². The second-order valence-corrected chi connectivity index (χ2v) is 5.44. The summed E-state index contributed by atoms with van der Waals surface area (Å²) in [6.07, 6.45) is 5.60. The molecule has 1 heterocycles. The van der Waals surface area contributed by atoms with Crippen molar-refractivity contribution in [1.82, 2.24) is 5.32 Å². The topological polar surface area (TPSA) is 67.8 Å². The van der Waals surface area contributed by atoms with E-state index in [1.54, 1.807) is 0 Å². The molecule has 5 nitrogen and oxygen atoms in total. The van der Waals surface area contributed by atoms with Crippen LogP contribution in [0.25, 0.3) is 0 Å². The number of hydrogen-bond acceptors (Lipinski definition) is 4. The van der Waals surface area contributed by atoms with E-state index in [1.165, 1.54) is 6.42 Å². The van der Waals surface area contributed by atoms with Gasteiger partial charge in [0.05, 0.1) is 12.7 Å². The predicted octanol–water partition coefficient (Wildman–Crippen LogP) is 2.20. The van der Waals surface area contributed by atoms with Crippen molar-refractivity contribution in [3.63, 3.8) is 0 Å². The van der Waals surface area contributed by atoms with E-state index >= 15 is 0 Å². The van der Waals surface area contributed by atoms with Crippen molar-refractivity contribution in [3.05, 3.63) is 0 Å². The second kappa shape index (κ2) is 9.32. The highest BCUT2D eigenvalue weighted by Gasteiger charge is 2.34. The summed E-state index contributed by atoms with van der Waals surface area (Å²) in [6.45, 7) is 6.58. The van der Waals surface area contributed by atoms with Crippen LogP contribution in [0.15, 0.2) is 0 Å². The lowest BCUT2D eigenvalue weighted by Crippen LogP contribution is -2.51. The van der Waals surface area contributed by atoms with E-state index in [0.29, 0.717) is 32.6 Å². The molecule has 1 aliphatic heterocycles. The molecule has 20 heavy (non-hydrogen) atoms. The monoisotopic (exact) mass is 287 g/mol. The van der Waals surface area contributed by atoms with E-state index in [0.717, 1.165) is 25.9 Å². The Morgan fingerprint density at radius 3 is 2.80 bits per heavy atom. The van der Waals surface area contributed by atoms with Crippen LogP contribution in [0, 0.1) is 0 Å². The summed E-state index contributed by atoms with van der Waals surface area (Å²) in [5.41, 5.74) is -0.806. The predicted molar refractivity (Wildman–Crippen MR) is 78.0 cm³/mol. The number of carbonyl (C=O) groups is 1. The molecule has 0 radical (unpaired) electrons. The van der Waals surface area contributed by atoms with Crippen LogP contribution < -0.4 is 5.32 Å². The highest BCUT2D eigenvalue weighted by Crippen LogP contribution is 2.18. The van der Waals surface area contributed by atoms with Crippen LogP contribution in [0.4, 0.5) is 0 Å². The summed E-state index contributed by atoms with van der Waals surface area (Å²) in [6, 6.07) is 0.